The van der Waals surface area contributed by atoms with Crippen molar-refractivity contribution in [2.45, 2.75) is 31.7 Å². The van der Waals surface area contributed by atoms with Crippen LogP contribution < -0.4 is 0 Å². The monoisotopic (exact) mass is 201 g/mol. The van der Waals surface area contributed by atoms with Crippen molar-refractivity contribution < 1.29 is 14.6 Å². The highest BCUT2D eigenvalue weighted by atomic mass is 16.7. The van der Waals surface area contributed by atoms with Crippen LogP contribution in [-0.4, -0.2) is 54.7 Å². The lowest BCUT2D eigenvalue weighted by atomic mass is 10.0. The molecule has 4 heteroatoms. The van der Waals surface area contributed by atoms with E-state index >= 15 is 0 Å². The minimum absolute atomic E-state index is 0.0687. The summed E-state index contributed by atoms with van der Waals surface area (Å²) in [6.07, 6.45) is 1.75. The number of likely N-dealkylation sites (tertiary alicyclic amines) is 1. The highest BCUT2D eigenvalue weighted by Crippen LogP contribution is 2.33. The third-order valence-corrected chi connectivity index (χ3v) is 3.18. The first-order valence-electron chi connectivity index (χ1n) is 5.43. The molecule has 4 nitrogen and oxygen atoms in total. The molecule has 0 amide bonds. The van der Waals surface area contributed by atoms with Crippen LogP contribution in [0.3, 0.4) is 0 Å². The Bertz CT molecular complexity index is 190. The molecule has 2 fully saturated rings. The summed E-state index contributed by atoms with van der Waals surface area (Å²) >= 11 is 0. The summed E-state index contributed by atoms with van der Waals surface area (Å²) in [6.45, 7) is 5.95. The molecule has 2 saturated heterocycles. The smallest absolute Gasteiger partial charge is 0.171 e. The van der Waals surface area contributed by atoms with Crippen molar-refractivity contribution in [2.24, 2.45) is 0 Å². The topological polar surface area (TPSA) is 41.9 Å². The summed E-state index contributed by atoms with van der Waals surface area (Å²) in [7, 11) is 0. The number of aliphatic hydroxyl groups excluding tert-OH is 1. The van der Waals surface area contributed by atoms with Gasteiger partial charge in [0.1, 0.15) is 6.10 Å². The van der Waals surface area contributed by atoms with Gasteiger partial charge in [-0.1, -0.05) is 6.92 Å². The SMILES string of the molecule is CCN1CCC2(CC1)OCC(CO)O2. The minimum atomic E-state index is -0.376. The second-order valence-electron chi connectivity index (χ2n) is 4.08. The fraction of sp³-hybridized carbons (Fsp3) is 1.00. The van der Waals surface area contributed by atoms with Crippen molar-refractivity contribution in [1.29, 1.82) is 0 Å². The zero-order valence-electron chi connectivity index (χ0n) is 8.74. The van der Waals surface area contributed by atoms with Crippen LogP contribution in [0.2, 0.25) is 0 Å². The molecular formula is C10H19NO3. The second-order valence-corrected chi connectivity index (χ2v) is 4.08. The van der Waals surface area contributed by atoms with Crippen LogP contribution in [-0.2, 0) is 9.47 Å². The van der Waals surface area contributed by atoms with Crippen molar-refractivity contribution in [1.82, 2.24) is 4.90 Å². The summed E-state index contributed by atoms with van der Waals surface area (Å²) in [5.74, 6) is -0.376. The van der Waals surface area contributed by atoms with E-state index in [1.54, 1.807) is 0 Å². The van der Waals surface area contributed by atoms with E-state index in [1.807, 2.05) is 0 Å². The van der Waals surface area contributed by atoms with E-state index in [9.17, 15) is 0 Å². The van der Waals surface area contributed by atoms with Crippen molar-refractivity contribution >= 4 is 0 Å². The first-order chi connectivity index (χ1) is 6.78. The lowest BCUT2D eigenvalue weighted by molar-refractivity contribution is -0.197. The quantitative estimate of drug-likeness (QED) is 0.693. The lowest BCUT2D eigenvalue weighted by Crippen LogP contribution is -2.45. The average molecular weight is 201 g/mol. The molecule has 2 aliphatic heterocycles. The summed E-state index contributed by atoms with van der Waals surface area (Å²) < 4.78 is 11.4. The highest BCUT2D eigenvalue weighted by molar-refractivity contribution is 4.84. The molecule has 2 aliphatic rings. The van der Waals surface area contributed by atoms with Gasteiger partial charge in [-0.05, 0) is 6.54 Å². The molecule has 0 aromatic rings. The van der Waals surface area contributed by atoms with Crippen LogP contribution in [0.25, 0.3) is 0 Å². The summed E-state index contributed by atoms with van der Waals surface area (Å²) in [5, 5.41) is 8.96. The molecule has 0 bridgehead atoms. The standard InChI is InChI=1S/C10H19NO3/c1-2-11-5-3-10(4-6-11)13-8-9(7-12)14-10/h9,12H,2-8H2,1H3. The maximum atomic E-state index is 8.96. The summed E-state index contributed by atoms with van der Waals surface area (Å²) in [6, 6.07) is 0. The molecule has 2 heterocycles. The number of nitrogens with zero attached hydrogens (tertiary/aromatic N) is 1. The molecule has 1 atom stereocenters. The second kappa shape index (κ2) is 4.14. The van der Waals surface area contributed by atoms with E-state index in [0.717, 1.165) is 32.5 Å². The van der Waals surface area contributed by atoms with E-state index in [2.05, 4.69) is 11.8 Å². The van der Waals surface area contributed by atoms with E-state index in [1.165, 1.54) is 0 Å². The molecule has 1 unspecified atom stereocenters. The van der Waals surface area contributed by atoms with Gasteiger partial charge in [0.25, 0.3) is 0 Å². The van der Waals surface area contributed by atoms with Crippen LogP contribution in [0.4, 0.5) is 0 Å². The van der Waals surface area contributed by atoms with Crippen LogP contribution in [0.5, 0.6) is 0 Å². The zero-order valence-corrected chi connectivity index (χ0v) is 8.74. The number of ether oxygens (including phenoxy) is 2. The number of rotatable bonds is 2. The minimum Gasteiger partial charge on any atom is -0.394 e. The number of hydrogen-bond acceptors (Lipinski definition) is 4. The third-order valence-electron chi connectivity index (χ3n) is 3.18. The van der Waals surface area contributed by atoms with E-state index in [-0.39, 0.29) is 18.5 Å². The van der Waals surface area contributed by atoms with Crippen LogP contribution in [0.15, 0.2) is 0 Å². The summed E-state index contributed by atoms with van der Waals surface area (Å²) in [5.41, 5.74) is 0. The Labute approximate surface area is 84.8 Å². The Kier molecular flexibility index (Phi) is 3.07. The van der Waals surface area contributed by atoms with Gasteiger partial charge in [0.2, 0.25) is 0 Å². The molecule has 0 aromatic heterocycles. The molecule has 14 heavy (non-hydrogen) atoms. The van der Waals surface area contributed by atoms with Crippen molar-refractivity contribution in [3.63, 3.8) is 0 Å². The normalized spacial score (nSPS) is 32.6. The zero-order chi connectivity index (χ0) is 10.0. The van der Waals surface area contributed by atoms with E-state index < -0.39 is 0 Å². The molecule has 0 radical (unpaired) electrons. The van der Waals surface area contributed by atoms with Crippen molar-refractivity contribution in [3.05, 3.63) is 0 Å². The average Bonchev–Trinajstić information content (AvgIpc) is 2.63. The fourth-order valence-corrected chi connectivity index (χ4v) is 2.18. The molecule has 0 aromatic carbocycles. The number of aliphatic hydroxyl groups is 1. The van der Waals surface area contributed by atoms with Gasteiger partial charge in [-0.15, -0.1) is 0 Å². The molecule has 0 aliphatic carbocycles. The first-order valence-corrected chi connectivity index (χ1v) is 5.43. The Morgan fingerprint density at radius 2 is 2.14 bits per heavy atom. The van der Waals surface area contributed by atoms with Gasteiger partial charge in [0.15, 0.2) is 5.79 Å². The van der Waals surface area contributed by atoms with Crippen LogP contribution >= 0.6 is 0 Å². The molecule has 1 N–H and O–H groups in total. The largest absolute Gasteiger partial charge is 0.394 e. The van der Waals surface area contributed by atoms with E-state index in [0.29, 0.717) is 6.61 Å². The highest BCUT2D eigenvalue weighted by Gasteiger charge is 2.43. The van der Waals surface area contributed by atoms with Gasteiger partial charge in [-0.3, -0.25) is 0 Å². The Hall–Kier alpha value is -0.160. The molecular weight excluding hydrogens is 182 g/mol. The molecule has 82 valence electrons. The van der Waals surface area contributed by atoms with Gasteiger partial charge < -0.3 is 19.5 Å². The van der Waals surface area contributed by atoms with Gasteiger partial charge in [0, 0.05) is 25.9 Å². The predicted octanol–water partition coefficient (Wildman–Crippen LogP) is 0.206. The van der Waals surface area contributed by atoms with Crippen molar-refractivity contribution in [2.75, 3.05) is 32.8 Å². The van der Waals surface area contributed by atoms with E-state index in [4.69, 9.17) is 14.6 Å². The fourth-order valence-electron chi connectivity index (χ4n) is 2.18. The van der Waals surface area contributed by atoms with Gasteiger partial charge in [-0.25, -0.2) is 0 Å². The number of hydrogen-bond donors (Lipinski definition) is 1. The van der Waals surface area contributed by atoms with Crippen LogP contribution in [0, 0.1) is 0 Å². The Balaban J connectivity index is 1.87. The molecule has 0 saturated carbocycles. The molecule has 1 spiro atoms. The Morgan fingerprint density at radius 1 is 1.43 bits per heavy atom. The van der Waals surface area contributed by atoms with Gasteiger partial charge >= 0.3 is 0 Å². The first kappa shape index (κ1) is 10.4. The number of piperidine rings is 1. The van der Waals surface area contributed by atoms with Gasteiger partial charge in [0.05, 0.1) is 13.2 Å². The maximum absolute atomic E-state index is 8.96. The Morgan fingerprint density at radius 3 is 2.64 bits per heavy atom. The maximum Gasteiger partial charge on any atom is 0.171 e. The summed E-state index contributed by atoms with van der Waals surface area (Å²) in [4.78, 5) is 2.39. The van der Waals surface area contributed by atoms with Crippen LogP contribution in [0.1, 0.15) is 19.8 Å². The predicted molar refractivity (Wildman–Crippen MR) is 52.0 cm³/mol. The van der Waals surface area contributed by atoms with Gasteiger partial charge in [-0.2, -0.15) is 0 Å². The third kappa shape index (κ3) is 1.93. The molecule has 2 rings (SSSR count). The van der Waals surface area contributed by atoms with Crippen molar-refractivity contribution in [3.8, 4) is 0 Å². The lowest BCUT2D eigenvalue weighted by Gasteiger charge is -2.37.